The van der Waals surface area contributed by atoms with E-state index in [1.807, 2.05) is 60.7 Å². The highest BCUT2D eigenvalue weighted by molar-refractivity contribution is 5.31. The van der Waals surface area contributed by atoms with Crippen LogP contribution in [0, 0.1) is 17.2 Å². The molecule has 1 unspecified atom stereocenters. The van der Waals surface area contributed by atoms with Crippen LogP contribution in [0.3, 0.4) is 0 Å². The maximum absolute atomic E-state index is 8.61. The Morgan fingerprint density at radius 3 is 1.79 bits per heavy atom. The van der Waals surface area contributed by atoms with Crippen LogP contribution in [-0.4, -0.2) is 0 Å². The summed E-state index contributed by atoms with van der Waals surface area (Å²) in [7, 11) is 0. The minimum atomic E-state index is 0.730. The van der Waals surface area contributed by atoms with Crippen LogP contribution < -0.4 is 0 Å². The van der Waals surface area contributed by atoms with Crippen LogP contribution in [0.1, 0.15) is 31.4 Å². The van der Waals surface area contributed by atoms with Crippen molar-refractivity contribution in [2.24, 2.45) is 5.92 Å². The molecule has 2 aromatic rings. The second kappa shape index (κ2) is 8.94. The normalized spacial score (nSPS) is 10.8. The summed E-state index contributed by atoms with van der Waals surface area (Å²) in [5, 5.41) is 8.61. The molecule has 0 radical (unpaired) electrons. The van der Waals surface area contributed by atoms with Crippen molar-refractivity contribution in [3.63, 3.8) is 0 Å². The first-order valence-corrected chi connectivity index (χ1v) is 6.75. The van der Waals surface area contributed by atoms with Crippen LogP contribution in [0.2, 0.25) is 0 Å². The van der Waals surface area contributed by atoms with Gasteiger partial charge in [-0.2, -0.15) is 5.26 Å². The van der Waals surface area contributed by atoms with Gasteiger partial charge in [-0.05, 0) is 30.0 Å². The average molecular weight is 251 g/mol. The van der Waals surface area contributed by atoms with Gasteiger partial charge in [-0.1, -0.05) is 68.8 Å². The lowest BCUT2D eigenvalue weighted by atomic mass is 9.98. The summed E-state index contributed by atoms with van der Waals surface area (Å²) in [6, 6.07) is 22.0. The van der Waals surface area contributed by atoms with Gasteiger partial charge in [-0.25, -0.2) is 0 Å². The van der Waals surface area contributed by atoms with Crippen molar-refractivity contribution in [2.75, 3.05) is 0 Å². The predicted octanol–water partition coefficient (Wildman–Crippen LogP) is 4.83. The lowest BCUT2D eigenvalue weighted by Crippen LogP contribution is -1.97. The quantitative estimate of drug-likeness (QED) is 0.766. The van der Waals surface area contributed by atoms with E-state index in [2.05, 4.69) is 19.9 Å². The molecular weight excluding hydrogens is 230 g/mol. The third kappa shape index (κ3) is 6.43. The Bertz CT molecular complexity index is 453. The summed E-state index contributed by atoms with van der Waals surface area (Å²) in [6.07, 6.45) is 2.32. The van der Waals surface area contributed by atoms with E-state index in [9.17, 15) is 0 Å². The van der Waals surface area contributed by atoms with Crippen molar-refractivity contribution < 1.29 is 0 Å². The molecule has 2 aromatic carbocycles. The first kappa shape index (κ1) is 15.0. The zero-order chi connectivity index (χ0) is 13.9. The molecule has 0 spiro atoms. The van der Waals surface area contributed by atoms with Gasteiger partial charge in [-0.15, -0.1) is 0 Å². The first-order chi connectivity index (χ1) is 9.26. The van der Waals surface area contributed by atoms with Crippen LogP contribution >= 0.6 is 0 Å². The lowest BCUT2D eigenvalue weighted by Gasteiger charge is -2.07. The fraction of sp³-hybridized carbons (Fsp3) is 0.278. The Labute approximate surface area is 116 Å². The third-order valence-corrected chi connectivity index (χ3v) is 3.03. The van der Waals surface area contributed by atoms with Crippen molar-refractivity contribution in [3.8, 4) is 6.07 Å². The Morgan fingerprint density at radius 1 is 0.947 bits per heavy atom. The van der Waals surface area contributed by atoms with Gasteiger partial charge in [0.2, 0.25) is 0 Å². The second-order valence-electron chi connectivity index (χ2n) is 4.68. The summed E-state index contributed by atoms with van der Waals surface area (Å²) in [5.41, 5.74) is 2.07. The highest BCUT2D eigenvalue weighted by Crippen LogP contribution is 2.11. The minimum absolute atomic E-state index is 0.730. The lowest BCUT2D eigenvalue weighted by molar-refractivity contribution is 0.560. The Balaban J connectivity index is 0.000000250. The highest BCUT2D eigenvalue weighted by atomic mass is 14.2. The topological polar surface area (TPSA) is 23.8 Å². The number of nitrogens with zero attached hydrogens (tertiary/aromatic N) is 1. The van der Waals surface area contributed by atoms with Gasteiger partial charge in [0.1, 0.15) is 0 Å². The summed E-state index contributed by atoms with van der Waals surface area (Å²) in [6.45, 7) is 4.45. The summed E-state index contributed by atoms with van der Waals surface area (Å²) >= 11 is 0. The van der Waals surface area contributed by atoms with Crippen molar-refractivity contribution in [1.82, 2.24) is 0 Å². The van der Waals surface area contributed by atoms with Crippen LogP contribution in [-0.2, 0) is 6.42 Å². The van der Waals surface area contributed by atoms with E-state index in [4.69, 9.17) is 5.26 Å². The molecule has 2 rings (SSSR count). The zero-order valence-electron chi connectivity index (χ0n) is 11.7. The van der Waals surface area contributed by atoms with Gasteiger partial charge in [0.05, 0.1) is 11.6 Å². The predicted molar refractivity (Wildman–Crippen MR) is 80.8 cm³/mol. The zero-order valence-corrected chi connectivity index (χ0v) is 11.7. The molecule has 0 amide bonds. The molecule has 0 aliphatic carbocycles. The third-order valence-electron chi connectivity index (χ3n) is 3.03. The maximum atomic E-state index is 8.61. The van der Waals surface area contributed by atoms with Gasteiger partial charge in [0.25, 0.3) is 0 Å². The van der Waals surface area contributed by atoms with E-state index in [1.54, 1.807) is 0 Å². The van der Waals surface area contributed by atoms with Crippen LogP contribution in [0.15, 0.2) is 60.7 Å². The van der Waals surface area contributed by atoms with Gasteiger partial charge in [0.15, 0.2) is 0 Å². The van der Waals surface area contributed by atoms with Crippen LogP contribution in [0.5, 0.6) is 0 Å². The molecular formula is C18H21N. The van der Waals surface area contributed by atoms with Gasteiger partial charge < -0.3 is 0 Å². The molecule has 0 heterocycles. The maximum Gasteiger partial charge on any atom is 0.0991 e. The second-order valence-corrected chi connectivity index (χ2v) is 4.68. The summed E-state index contributed by atoms with van der Waals surface area (Å²) < 4.78 is 0. The van der Waals surface area contributed by atoms with Crippen molar-refractivity contribution in [2.45, 2.75) is 26.7 Å². The number of rotatable bonds is 3. The first-order valence-electron chi connectivity index (χ1n) is 6.75. The van der Waals surface area contributed by atoms with E-state index in [0.29, 0.717) is 0 Å². The highest BCUT2D eigenvalue weighted by Gasteiger charge is 2.00. The standard InChI is InChI=1S/C12H15N.C6H6/c1-3-10(2)8-11-4-6-12(9-13)7-5-11;1-2-4-6-5-3-1/h4-7,10H,3,8H2,1-2H3;1-6H. The van der Waals surface area contributed by atoms with Gasteiger partial charge in [0, 0.05) is 0 Å². The molecule has 0 aliphatic rings. The van der Waals surface area contributed by atoms with E-state index < -0.39 is 0 Å². The SMILES string of the molecule is CCC(C)Cc1ccc(C#N)cc1.c1ccccc1. The molecule has 0 N–H and O–H groups in total. The molecule has 0 aliphatic heterocycles. The molecule has 0 bridgehead atoms. The molecule has 0 saturated carbocycles. The van der Waals surface area contributed by atoms with E-state index in [0.717, 1.165) is 17.9 Å². The van der Waals surface area contributed by atoms with Gasteiger partial charge >= 0.3 is 0 Å². The Kier molecular flexibility index (Phi) is 7.05. The largest absolute Gasteiger partial charge is 0.192 e. The van der Waals surface area contributed by atoms with E-state index >= 15 is 0 Å². The molecule has 0 fully saturated rings. The molecule has 0 aromatic heterocycles. The van der Waals surface area contributed by atoms with Crippen molar-refractivity contribution in [1.29, 1.82) is 5.26 Å². The molecule has 1 nitrogen and oxygen atoms in total. The van der Waals surface area contributed by atoms with E-state index in [-0.39, 0.29) is 0 Å². The smallest absolute Gasteiger partial charge is 0.0991 e. The fourth-order valence-corrected chi connectivity index (χ4v) is 1.65. The van der Waals surface area contributed by atoms with Crippen molar-refractivity contribution >= 4 is 0 Å². The number of hydrogen-bond donors (Lipinski definition) is 0. The monoisotopic (exact) mass is 251 g/mol. The van der Waals surface area contributed by atoms with Crippen LogP contribution in [0.4, 0.5) is 0 Å². The molecule has 0 saturated heterocycles. The fourth-order valence-electron chi connectivity index (χ4n) is 1.65. The Hall–Kier alpha value is -2.07. The van der Waals surface area contributed by atoms with E-state index in [1.165, 1.54) is 12.0 Å². The molecule has 98 valence electrons. The average Bonchev–Trinajstić information content (AvgIpc) is 2.50. The molecule has 19 heavy (non-hydrogen) atoms. The van der Waals surface area contributed by atoms with Gasteiger partial charge in [-0.3, -0.25) is 0 Å². The van der Waals surface area contributed by atoms with Crippen LogP contribution in [0.25, 0.3) is 0 Å². The molecule has 1 atom stereocenters. The Morgan fingerprint density at radius 2 is 1.42 bits per heavy atom. The molecule has 1 heteroatoms. The van der Waals surface area contributed by atoms with Crippen molar-refractivity contribution in [3.05, 3.63) is 71.8 Å². The number of hydrogen-bond acceptors (Lipinski definition) is 1. The summed E-state index contributed by atoms with van der Waals surface area (Å²) in [5.74, 6) is 0.730. The minimum Gasteiger partial charge on any atom is -0.192 e. The number of benzene rings is 2. The summed E-state index contributed by atoms with van der Waals surface area (Å²) in [4.78, 5) is 0. The number of nitriles is 1.